The van der Waals surface area contributed by atoms with Crippen LogP contribution in [0.5, 0.6) is 11.5 Å². The molecule has 9 heteroatoms. The first-order chi connectivity index (χ1) is 24.6. The van der Waals surface area contributed by atoms with Crippen LogP contribution in [0.3, 0.4) is 0 Å². The van der Waals surface area contributed by atoms with Crippen LogP contribution in [0, 0.1) is 0 Å². The second kappa shape index (κ2) is 16.7. The van der Waals surface area contributed by atoms with Crippen molar-refractivity contribution in [2.75, 3.05) is 6.54 Å². The van der Waals surface area contributed by atoms with Crippen molar-refractivity contribution in [2.24, 2.45) is 15.0 Å². The molecule has 0 radical (unpaired) electrons. The van der Waals surface area contributed by atoms with E-state index in [4.69, 9.17) is 9.98 Å². The zero-order valence-electron chi connectivity index (χ0n) is 32.7. The molecule has 0 aliphatic rings. The molecule has 8 nitrogen and oxygen atoms in total. The summed E-state index contributed by atoms with van der Waals surface area (Å²) in [6, 6.07) is 26.7. The molecule has 0 spiro atoms. The number of nitrogens with zero attached hydrogens (tertiary/aromatic N) is 3. The van der Waals surface area contributed by atoms with Gasteiger partial charge >= 0.3 is 8.80 Å². The molecule has 282 valence electrons. The lowest BCUT2D eigenvalue weighted by atomic mass is 9.79. The zero-order valence-corrected chi connectivity index (χ0v) is 33.7. The quantitative estimate of drug-likeness (QED) is 0.0563. The van der Waals surface area contributed by atoms with E-state index < -0.39 is 20.9 Å². The highest BCUT2D eigenvalue weighted by molar-refractivity contribution is 6.56. The summed E-state index contributed by atoms with van der Waals surface area (Å²) < 4.78 is 0. The smallest absolute Gasteiger partial charge is 0.492 e. The Bertz CT molecular complexity index is 1910. The molecule has 4 rings (SSSR count). The molecule has 0 aliphatic heterocycles. The second-order valence-electron chi connectivity index (χ2n) is 16.9. The van der Waals surface area contributed by atoms with Crippen molar-refractivity contribution < 1.29 is 24.6 Å². The zero-order chi connectivity index (χ0) is 39.2. The third kappa shape index (κ3) is 11.5. The highest BCUT2D eigenvalue weighted by atomic mass is 28.4. The number of rotatable bonds is 12. The molecule has 0 fully saturated rings. The topological polar surface area (TPSA) is 138 Å². The number of hydrogen-bond acceptors (Lipinski definition) is 8. The number of benzene rings is 4. The average Bonchev–Trinajstić information content (AvgIpc) is 3.06. The van der Waals surface area contributed by atoms with E-state index in [1.165, 1.54) is 0 Å². The summed E-state index contributed by atoms with van der Waals surface area (Å²) in [6.45, 7) is 19.4. The molecule has 0 amide bonds. The molecular formula is C44H57N3O5Si. The first kappa shape index (κ1) is 41.3. The Morgan fingerprint density at radius 3 is 1.57 bits per heavy atom. The fourth-order valence-electron chi connectivity index (χ4n) is 6.13. The second-order valence-corrected chi connectivity index (χ2v) is 18.9. The van der Waals surface area contributed by atoms with Crippen molar-refractivity contribution in [2.45, 2.75) is 103 Å². The maximum absolute atomic E-state index is 11.6. The van der Waals surface area contributed by atoms with Crippen molar-refractivity contribution in [1.29, 1.82) is 0 Å². The van der Waals surface area contributed by atoms with E-state index >= 15 is 0 Å². The van der Waals surface area contributed by atoms with E-state index in [0.29, 0.717) is 24.1 Å². The Labute approximate surface area is 316 Å². The molecule has 0 bridgehead atoms. The molecule has 4 aromatic rings. The van der Waals surface area contributed by atoms with Gasteiger partial charge in [-0.15, -0.1) is 0 Å². The SMILES string of the molecule is CC(C)(C)c1cc(C=N[C@@H](c2ccccc2)[C@H](N=Cc2cc(C(C)(C)C)c(C=NCCC[Si](O)(O)O)cc2O)c2ccccc2)c(O)c(C(C)(C)C)c1. The van der Waals surface area contributed by atoms with Gasteiger partial charge in [-0.25, -0.2) is 0 Å². The predicted molar refractivity (Wildman–Crippen MR) is 220 cm³/mol. The monoisotopic (exact) mass is 735 g/mol. The molecule has 0 saturated heterocycles. The van der Waals surface area contributed by atoms with Gasteiger partial charge in [0.05, 0.1) is 0 Å². The lowest BCUT2D eigenvalue weighted by Gasteiger charge is -2.27. The van der Waals surface area contributed by atoms with Gasteiger partial charge in [0.1, 0.15) is 23.6 Å². The summed E-state index contributed by atoms with van der Waals surface area (Å²) >= 11 is 0. The Morgan fingerprint density at radius 2 is 1.09 bits per heavy atom. The minimum Gasteiger partial charge on any atom is -0.507 e. The fourth-order valence-corrected chi connectivity index (χ4v) is 6.77. The van der Waals surface area contributed by atoms with Crippen LogP contribution in [0.4, 0.5) is 0 Å². The molecule has 0 saturated carbocycles. The van der Waals surface area contributed by atoms with E-state index in [1.807, 2.05) is 72.8 Å². The highest BCUT2D eigenvalue weighted by Crippen LogP contribution is 2.40. The van der Waals surface area contributed by atoms with E-state index in [0.717, 1.165) is 33.4 Å². The predicted octanol–water partition coefficient (Wildman–Crippen LogP) is 8.74. The minimum absolute atomic E-state index is 0.0425. The summed E-state index contributed by atoms with van der Waals surface area (Å²) in [6.07, 6.45) is 5.49. The number of hydrogen-bond donors (Lipinski definition) is 5. The van der Waals surface area contributed by atoms with Crippen LogP contribution >= 0.6 is 0 Å². The van der Waals surface area contributed by atoms with E-state index in [2.05, 4.69) is 73.4 Å². The van der Waals surface area contributed by atoms with Crippen molar-refractivity contribution in [3.8, 4) is 11.5 Å². The number of phenols is 2. The molecular weight excluding hydrogens is 679 g/mol. The maximum atomic E-state index is 11.6. The summed E-state index contributed by atoms with van der Waals surface area (Å²) in [5, 5.41) is 22.9. The first-order valence-corrected chi connectivity index (χ1v) is 20.3. The van der Waals surface area contributed by atoms with Gasteiger partial charge in [0, 0.05) is 47.9 Å². The van der Waals surface area contributed by atoms with Gasteiger partial charge in [0.25, 0.3) is 0 Å². The van der Waals surface area contributed by atoms with Crippen LogP contribution in [-0.4, -0.2) is 58.6 Å². The van der Waals surface area contributed by atoms with E-state index in [-0.39, 0.29) is 33.8 Å². The largest absolute Gasteiger partial charge is 0.507 e. The van der Waals surface area contributed by atoms with Gasteiger partial charge in [0.15, 0.2) is 0 Å². The Hall–Kier alpha value is -4.41. The van der Waals surface area contributed by atoms with Crippen LogP contribution in [0.15, 0.2) is 99.9 Å². The van der Waals surface area contributed by atoms with Gasteiger partial charge in [-0.2, -0.15) is 0 Å². The summed E-state index contributed by atoms with van der Waals surface area (Å²) in [4.78, 5) is 42.7. The Balaban J connectivity index is 1.83. The molecule has 0 unspecified atom stereocenters. The van der Waals surface area contributed by atoms with Gasteiger partial charge in [-0.05, 0) is 68.7 Å². The summed E-state index contributed by atoms with van der Waals surface area (Å²) in [5.74, 6) is 0.259. The number of aromatic hydroxyl groups is 2. The minimum atomic E-state index is -4.11. The van der Waals surface area contributed by atoms with Crippen molar-refractivity contribution in [1.82, 2.24) is 0 Å². The molecule has 5 N–H and O–H groups in total. The van der Waals surface area contributed by atoms with Gasteiger partial charge in [-0.1, -0.05) is 129 Å². The molecule has 53 heavy (non-hydrogen) atoms. The lowest BCUT2D eigenvalue weighted by molar-refractivity contribution is 0.227. The molecule has 2 atom stereocenters. The average molecular weight is 736 g/mol. The highest BCUT2D eigenvalue weighted by Gasteiger charge is 2.28. The summed E-state index contributed by atoms with van der Waals surface area (Å²) in [7, 11) is -4.11. The molecule has 0 aliphatic carbocycles. The van der Waals surface area contributed by atoms with Crippen molar-refractivity contribution in [3.63, 3.8) is 0 Å². The Kier molecular flexibility index (Phi) is 13.0. The maximum Gasteiger partial charge on any atom is 0.492 e. The van der Waals surface area contributed by atoms with Gasteiger partial charge in [0.2, 0.25) is 0 Å². The molecule has 4 aromatic carbocycles. The van der Waals surface area contributed by atoms with Crippen LogP contribution in [0.1, 0.15) is 125 Å². The van der Waals surface area contributed by atoms with Crippen LogP contribution < -0.4 is 0 Å². The first-order valence-electron chi connectivity index (χ1n) is 18.2. The summed E-state index contributed by atoms with van der Waals surface area (Å²) in [5.41, 5.74) is 6.03. The lowest BCUT2D eigenvalue weighted by Crippen LogP contribution is -2.34. The van der Waals surface area contributed by atoms with E-state index in [9.17, 15) is 24.6 Å². The fraction of sp³-hybridized carbons (Fsp3) is 0.386. The van der Waals surface area contributed by atoms with Crippen LogP contribution in [0.2, 0.25) is 6.04 Å². The Morgan fingerprint density at radius 1 is 0.585 bits per heavy atom. The molecule has 0 aromatic heterocycles. The molecule has 0 heterocycles. The van der Waals surface area contributed by atoms with E-state index in [1.54, 1.807) is 24.7 Å². The number of phenolic OH excluding ortho intramolecular Hbond substituents is 2. The number of aliphatic imine (C=N–C) groups is 3. The van der Waals surface area contributed by atoms with Gasteiger partial charge in [-0.3, -0.25) is 15.0 Å². The van der Waals surface area contributed by atoms with Crippen LogP contribution in [-0.2, 0) is 16.2 Å². The van der Waals surface area contributed by atoms with Gasteiger partial charge < -0.3 is 24.6 Å². The van der Waals surface area contributed by atoms with Crippen molar-refractivity contribution >= 4 is 27.4 Å². The third-order valence-electron chi connectivity index (χ3n) is 9.18. The van der Waals surface area contributed by atoms with Crippen LogP contribution in [0.25, 0.3) is 0 Å². The van der Waals surface area contributed by atoms with Crippen molar-refractivity contribution in [3.05, 3.63) is 129 Å². The third-order valence-corrected chi connectivity index (χ3v) is 10.2. The standard InChI is InChI=1S/C44H57N3O5Si/c1-42(2,3)35-23-34(41(49)37(26-35)44(7,8)9)29-47-40(31-19-14-11-15-20-31)39(30-17-12-10-13-18-30)46-28-33-24-36(43(4,5)6)32(25-38(33)48)27-45-21-16-22-53(50,51)52/h10-15,17-20,23-29,39-40,48-52H,16,21-22H2,1-9H3/t39-,40+/m1/s1. The normalized spacial score (nSPS) is 14.4.